The summed E-state index contributed by atoms with van der Waals surface area (Å²) in [6.07, 6.45) is 0. The molecular weight excluding hydrogens is 212 g/mol. The number of para-hydroxylation sites is 1. The molecule has 0 saturated carbocycles. The van der Waals surface area contributed by atoms with Gasteiger partial charge in [-0.15, -0.1) is 0 Å². The Morgan fingerprint density at radius 1 is 1.06 bits per heavy atom. The van der Waals surface area contributed by atoms with Crippen LogP contribution in [0.3, 0.4) is 0 Å². The average Bonchev–Trinajstić information content (AvgIpc) is 2.75. The van der Waals surface area contributed by atoms with Crippen LogP contribution in [0.5, 0.6) is 5.75 Å². The maximum absolute atomic E-state index is 9.73. The molecule has 0 bridgehead atoms. The van der Waals surface area contributed by atoms with Gasteiger partial charge in [0.25, 0.3) is 0 Å². The fourth-order valence-corrected chi connectivity index (χ4v) is 2.07. The number of aromatic hydroxyl groups is 1. The summed E-state index contributed by atoms with van der Waals surface area (Å²) in [5, 5.41) is 17.9. The zero-order chi connectivity index (χ0) is 11.8. The minimum atomic E-state index is 0.231. The minimum absolute atomic E-state index is 0.231. The van der Waals surface area contributed by atoms with Gasteiger partial charge in [0.05, 0.1) is 0 Å². The number of fused-ring (bicyclic) bond motifs is 1. The summed E-state index contributed by atoms with van der Waals surface area (Å²) in [7, 11) is 0. The molecule has 2 N–H and O–H groups in total. The highest BCUT2D eigenvalue weighted by molar-refractivity contribution is 5.96. The monoisotopic (exact) mass is 224 g/mol. The number of hydrogen-bond acceptors (Lipinski definition) is 2. The van der Waals surface area contributed by atoms with Gasteiger partial charge in [-0.25, -0.2) is 0 Å². The number of rotatable bonds is 1. The minimum Gasteiger partial charge on any atom is -0.506 e. The molecule has 0 aliphatic rings. The zero-order valence-corrected chi connectivity index (χ0v) is 9.44. The molecule has 0 amide bonds. The molecule has 3 aromatic rings. The van der Waals surface area contributed by atoms with Gasteiger partial charge in [-0.1, -0.05) is 36.4 Å². The molecule has 2 aromatic carbocycles. The molecule has 0 aliphatic heterocycles. The molecule has 0 saturated heterocycles. The summed E-state index contributed by atoms with van der Waals surface area (Å²) in [6, 6.07) is 13.5. The molecule has 0 spiro atoms. The highest BCUT2D eigenvalue weighted by atomic mass is 16.3. The molecule has 0 atom stereocenters. The molecular formula is C14H12N2O. The molecule has 1 heterocycles. The van der Waals surface area contributed by atoms with E-state index in [0.29, 0.717) is 5.52 Å². The van der Waals surface area contributed by atoms with Crippen LogP contribution in [-0.4, -0.2) is 15.3 Å². The van der Waals surface area contributed by atoms with Gasteiger partial charge in [-0.3, -0.25) is 5.10 Å². The van der Waals surface area contributed by atoms with Crippen molar-refractivity contribution in [3.05, 3.63) is 48.0 Å². The Bertz CT molecular complexity index is 686. The second kappa shape index (κ2) is 3.63. The third-order valence-electron chi connectivity index (χ3n) is 2.98. The molecule has 84 valence electrons. The predicted molar refractivity (Wildman–Crippen MR) is 67.9 cm³/mol. The number of H-pyrrole nitrogens is 1. The van der Waals surface area contributed by atoms with E-state index in [1.54, 1.807) is 6.07 Å². The normalized spacial score (nSPS) is 10.9. The van der Waals surface area contributed by atoms with Crippen LogP contribution in [0.25, 0.3) is 22.2 Å². The number of phenolic OH excluding ortho intramolecular Hbond substituents is 1. The Morgan fingerprint density at radius 3 is 2.71 bits per heavy atom. The molecule has 3 nitrogen and oxygen atoms in total. The molecule has 17 heavy (non-hydrogen) atoms. The summed E-state index contributed by atoms with van der Waals surface area (Å²) in [4.78, 5) is 0. The van der Waals surface area contributed by atoms with Crippen molar-refractivity contribution in [3.63, 3.8) is 0 Å². The first-order valence-corrected chi connectivity index (χ1v) is 5.49. The number of nitrogens with zero attached hydrogens (tertiary/aromatic N) is 1. The van der Waals surface area contributed by atoms with Crippen LogP contribution in [-0.2, 0) is 0 Å². The summed E-state index contributed by atoms with van der Waals surface area (Å²) in [5.41, 5.74) is 3.83. The highest BCUT2D eigenvalue weighted by Gasteiger charge is 2.11. The van der Waals surface area contributed by atoms with E-state index in [0.717, 1.165) is 16.6 Å². The molecule has 3 rings (SSSR count). The summed E-state index contributed by atoms with van der Waals surface area (Å²) >= 11 is 0. The van der Waals surface area contributed by atoms with Crippen molar-refractivity contribution >= 4 is 10.9 Å². The van der Waals surface area contributed by atoms with E-state index in [1.165, 1.54) is 5.56 Å². The smallest absolute Gasteiger partial charge is 0.141 e. The fraction of sp³-hybridized carbons (Fsp3) is 0.0714. The van der Waals surface area contributed by atoms with Crippen LogP contribution in [0.15, 0.2) is 42.5 Å². The Morgan fingerprint density at radius 2 is 1.88 bits per heavy atom. The van der Waals surface area contributed by atoms with Crippen LogP contribution < -0.4 is 0 Å². The van der Waals surface area contributed by atoms with Crippen molar-refractivity contribution in [2.75, 3.05) is 0 Å². The number of phenols is 1. The van der Waals surface area contributed by atoms with Gasteiger partial charge in [0.1, 0.15) is 17.0 Å². The van der Waals surface area contributed by atoms with Crippen LogP contribution in [0, 0.1) is 6.92 Å². The molecule has 1 aromatic heterocycles. The van der Waals surface area contributed by atoms with Crippen LogP contribution in [0.2, 0.25) is 0 Å². The summed E-state index contributed by atoms with van der Waals surface area (Å²) in [5.74, 6) is 0.231. The van der Waals surface area contributed by atoms with Gasteiger partial charge < -0.3 is 5.11 Å². The third-order valence-corrected chi connectivity index (χ3v) is 2.98. The average molecular weight is 224 g/mol. The lowest BCUT2D eigenvalue weighted by molar-refractivity contribution is 0.480. The third kappa shape index (κ3) is 1.47. The van der Waals surface area contributed by atoms with Gasteiger partial charge >= 0.3 is 0 Å². The quantitative estimate of drug-likeness (QED) is 0.666. The van der Waals surface area contributed by atoms with Crippen LogP contribution in [0.1, 0.15) is 5.56 Å². The van der Waals surface area contributed by atoms with Crippen molar-refractivity contribution in [2.45, 2.75) is 6.92 Å². The van der Waals surface area contributed by atoms with Crippen molar-refractivity contribution in [3.8, 4) is 17.0 Å². The van der Waals surface area contributed by atoms with E-state index in [9.17, 15) is 5.11 Å². The lowest BCUT2D eigenvalue weighted by Gasteiger charge is -2.02. The number of hydrogen-bond donors (Lipinski definition) is 2. The van der Waals surface area contributed by atoms with Gasteiger partial charge in [-0.05, 0) is 18.6 Å². The van der Waals surface area contributed by atoms with Gasteiger partial charge in [0, 0.05) is 10.9 Å². The van der Waals surface area contributed by atoms with Crippen LogP contribution in [0.4, 0.5) is 0 Å². The van der Waals surface area contributed by atoms with E-state index < -0.39 is 0 Å². The van der Waals surface area contributed by atoms with Crippen molar-refractivity contribution in [1.29, 1.82) is 0 Å². The lowest BCUT2D eigenvalue weighted by atomic mass is 10.0. The van der Waals surface area contributed by atoms with E-state index in [2.05, 4.69) is 23.2 Å². The highest BCUT2D eigenvalue weighted by Crippen LogP contribution is 2.31. The van der Waals surface area contributed by atoms with Crippen molar-refractivity contribution in [1.82, 2.24) is 10.2 Å². The second-order valence-corrected chi connectivity index (χ2v) is 4.09. The first-order valence-electron chi connectivity index (χ1n) is 5.49. The predicted octanol–water partition coefficient (Wildman–Crippen LogP) is 3.24. The lowest BCUT2D eigenvalue weighted by Crippen LogP contribution is -1.83. The Kier molecular flexibility index (Phi) is 2.11. The molecule has 0 radical (unpaired) electrons. The van der Waals surface area contributed by atoms with Crippen LogP contribution >= 0.6 is 0 Å². The summed E-state index contributed by atoms with van der Waals surface area (Å²) in [6.45, 7) is 2.05. The topological polar surface area (TPSA) is 48.9 Å². The second-order valence-electron chi connectivity index (χ2n) is 4.09. The molecule has 3 heteroatoms. The number of nitrogens with one attached hydrogen (secondary N) is 1. The molecule has 0 unspecified atom stereocenters. The number of aromatic amines is 1. The SMILES string of the molecule is Cc1ccccc1-c1n[nH]c2c(O)cccc12. The maximum atomic E-state index is 9.73. The van der Waals surface area contributed by atoms with Crippen molar-refractivity contribution in [2.24, 2.45) is 0 Å². The molecule has 0 fully saturated rings. The van der Waals surface area contributed by atoms with E-state index >= 15 is 0 Å². The largest absolute Gasteiger partial charge is 0.506 e. The van der Waals surface area contributed by atoms with Gasteiger partial charge in [-0.2, -0.15) is 5.10 Å². The van der Waals surface area contributed by atoms with Gasteiger partial charge in [0.2, 0.25) is 0 Å². The van der Waals surface area contributed by atoms with Crippen molar-refractivity contribution < 1.29 is 5.11 Å². The Hall–Kier alpha value is -2.29. The number of aryl methyl sites for hydroxylation is 1. The first-order chi connectivity index (χ1) is 8.27. The zero-order valence-electron chi connectivity index (χ0n) is 9.44. The number of aromatic nitrogens is 2. The number of benzene rings is 2. The fourth-order valence-electron chi connectivity index (χ4n) is 2.07. The Labute approximate surface area is 98.7 Å². The first kappa shape index (κ1) is 9.90. The Balaban J connectivity index is 2.33. The molecule has 0 aliphatic carbocycles. The van der Waals surface area contributed by atoms with Gasteiger partial charge in [0.15, 0.2) is 0 Å². The summed E-state index contributed by atoms with van der Waals surface area (Å²) < 4.78 is 0. The maximum Gasteiger partial charge on any atom is 0.141 e. The van der Waals surface area contributed by atoms with E-state index in [4.69, 9.17) is 0 Å². The van der Waals surface area contributed by atoms with E-state index in [1.807, 2.05) is 30.3 Å². The standard InChI is InChI=1S/C14H12N2O/c1-9-5-2-3-6-10(9)13-11-7-4-8-12(17)14(11)16-15-13/h2-8,17H,1H3,(H,15,16). The van der Waals surface area contributed by atoms with E-state index in [-0.39, 0.29) is 5.75 Å².